The van der Waals surface area contributed by atoms with Gasteiger partial charge in [0.2, 0.25) is 0 Å². The van der Waals surface area contributed by atoms with Gasteiger partial charge in [0.1, 0.15) is 0 Å². The first kappa shape index (κ1) is 30.2. The molecule has 0 heterocycles. The second-order valence-electron chi connectivity index (χ2n) is 11.0. The average Bonchev–Trinajstić information content (AvgIpc) is 3.09. The standard InChI is InChI=1S/C40H34O4/c41-37(29-15-5-1-6-16-29)25-33(26-38(42)30-17-7-2-8-18-30)35-23-13-14-24-36(35)34(27-39(43)31-19-9-3-10-20-31)28-40(44)32-21-11-4-12-22-32/h1-24,33-34H,25-28H2. The lowest BCUT2D eigenvalue weighted by Crippen LogP contribution is -2.18. The van der Waals surface area contributed by atoms with E-state index in [4.69, 9.17) is 0 Å². The zero-order valence-corrected chi connectivity index (χ0v) is 24.5. The van der Waals surface area contributed by atoms with Crippen molar-refractivity contribution in [3.63, 3.8) is 0 Å². The van der Waals surface area contributed by atoms with Crippen molar-refractivity contribution in [2.24, 2.45) is 0 Å². The number of ketones is 4. The van der Waals surface area contributed by atoms with Crippen LogP contribution in [-0.4, -0.2) is 23.1 Å². The predicted molar refractivity (Wildman–Crippen MR) is 173 cm³/mol. The van der Waals surface area contributed by atoms with Crippen LogP contribution in [0, 0.1) is 0 Å². The Kier molecular flexibility index (Phi) is 10.2. The molecule has 4 heteroatoms. The van der Waals surface area contributed by atoms with Crippen molar-refractivity contribution >= 4 is 23.1 Å². The molecule has 0 aliphatic rings. The number of benzene rings is 5. The van der Waals surface area contributed by atoms with Gasteiger partial charge in [0.25, 0.3) is 0 Å². The first-order valence-corrected chi connectivity index (χ1v) is 14.9. The molecule has 5 rings (SSSR count). The Morgan fingerprint density at radius 3 is 0.750 bits per heavy atom. The van der Waals surface area contributed by atoms with Gasteiger partial charge in [0.05, 0.1) is 0 Å². The highest BCUT2D eigenvalue weighted by Crippen LogP contribution is 2.37. The Morgan fingerprint density at radius 2 is 0.523 bits per heavy atom. The van der Waals surface area contributed by atoms with Gasteiger partial charge >= 0.3 is 0 Å². The van der Waals surface area contributed by atoms with Crippen LogP contribution in [0.4, 0.5) is 0 Å². The molecule has 0 saturated heterocycles. The number of hydrogen-bond acceptors (Lipinski definition) is 4. The molecule has 5 aromatic carbocycles. The van der Waals surface area contributed by atoms with Crippen LogP contribution in [0.5, 0.6) is 0 Å². The maximum absolute atomic E-state index is 13.5. The molecule has 0 aliphatic carbocycles. The molecule has 0 fully saturated rings. The Hall–Kier alpha value is -5.22. The van der Waals surface area contributed by atoms with Crippen LogP contribution < -0.4 is 0 Å². The van der Waals surface area contributed by atoms with Gasteiger partial charge in [-0.2, -0.15) is 0 Å². The minimum atomic E-state index is -0.451. The van der Waals surface area contributed by atoms with E-state index in [0.717, 1.165) is 11.1 Å². The van der Waals surface area contributed by atoms with E-state index in [2.05, 4.69) is 0 Å². The summed E-state index contributed by atoms with van der Waals surface area (Å²) in [6.07, 6.45) is 0.467. The van der Waals surface area contributed by atoms with Gasteiger partial charge in [-0.25, -0.2) is 0 Å². The molecule has 0 unspecified atom stereocenters. The summed E-state index contributed by atoms with van der Waals surface area (Å²) < 4.78 is 0. The second kappa shape index (κ2) is 14.8. The first-order chi connectivity index (χ1) is 21.5. The number of Topliss-reactive ketones (excluding diaryl/α,β-unsaturated/α-hetero) is 4. The molecule has 0 N–H and O–H groups in total. The molecular formula is C40H34O4. The molecule has 0 bridgehead atoms. The normalized spacial score (nSPS) is 11.0. The summed E-state index contributed by atoms with van der Waals surface area (Å²) in [4.78, 5) is 54.1. The summed E-state index contributed by atoms with van der Waals surface area (Å²) in [6.45, 7) is 0. The SMILES string of the molecule is O=C(CC(CC(=O)c1ccccc1)c1ccccc1C(CC(=O)c1ccccc1)CC(=O)c1ccccc1)c1ccccc1. The highest BCUT2D eigenvalue weighted by atomic mass is 16.1. The highest BCUT2D eigenvalue weighted by molar-refractivity contribution is 6.00. The maximum atomic E-state index is 13.5. The third kappa shape index (κ3) is 7.78. The summed E-state index contributed by atoms with van der Waals surface area (Å²) in [5.41, 5.74) is 3.95. The van der Waals surface area contributed by atoms with Crippen LogP contribution in [0.15, 0.2) is 146 Å². The maximum Gasteiger partial charge on any atom is 0.163 e. The van der Waals surface area contributed by atoms with E-state index in [1.165, 1.54) is 0 Å². The van der Waals surface area contributed by atoms with Crippen LogP contribution in [0.3, 0.4) is 0 Å². The van der Waals surface area contributed by atoms with Crippen molar-refractivity contribution in [1.82, 2.24) is 0 Å². The van der Waals surface area contributed by atoms with E-state index < -0.39 is 11.8 Å². The molecule has 5 aromatic rings. The smallest absolute Gasteiger partial charge is 0.163 e. The monoisotopic (exact) mass is 578 g/mol. The zero-order valence-electron chi connectivity index (χ0n) is 24.5. The van der Waals surface area contributed by atoms with Crippen LogP contribution in [0.1, 0.15) is 90.1 Å². The zero-order chi connectivity index (χ0) is 30.7. The molecule has 0 aromatic heterocycles. The summed E-state index contributed by atoms with van der Waals surface area (Å²) in [6, 6.07) is 44.0. The van der Waals surface area contributed by atoms with Crippen molar-refractivity contribution in [3.8, 4) is 0 Å². The minimum absolute atomic E-state index is 0.0662. The molecular weight excluding hydrogens is 544 g/mol. The van der Waals surface area contributed by atoms with Gasteiger partial charge in [0, 0.05) is 47.9 Å². The quantitative estimate of drug-likeness (QED) is 0.123. The summed E-state index contributed by atoms with van der Waals surface area (Å²) in [5, 5.41) is 0. The molecule has 44 heavy (non-hydrogen) atoms. The minimum Gasteiger partial charge on any atom is -0.294 e. The first-order valence-electron chi connectivity index (χ1n) is 14.9. The van der Waals surface area contributed by atoms with Crippen LogP contribution >= 0.6 is 0 Å². The number of rotatable bonds is 14. The van der Waals surface area contributed by atoms with Crippen LogP contribution in [0.2, 0.25) is 0 Å². The van der Waals surface area contributed by atoms with E-state index in [0.29, 0.717) is 22.3 Å². The molecule has 0 radical (unpaired) electrons. The van der Waals surface area contributed by atoms with Crippen LogP contribution in [0.25, 0.3) is 0 Å². The topological polar surface area (TPSA) is 68.3 Å². The Morgan fingerprint density at radius 1 is 0.318 bits per heavy atom. The van der Waals surface area contributed by atoms with Crippen molar-refractivity contribution in [2.75, 3.05) is 0 Å². The summed E-state index contributed by atoms with van der Waals surface area (Å²) in [7, 11) is 0. The van der Waals surface area contributed by atoms with Gasteiger partial charge in [-0.3, -0.25) is 19.2 Å². The third-order valence-electron chi connectivity index (χ3n) is 7.99. The van der Waals surface area contributed by atoms with E-state index in [-0.39, 0.29) is 48.8 Å². The van der Waals surface area contributed by atoms with Crippen LogP contribution in [-0.2, 0) is 0 Å². The van der Waals surface area contributed by atoms with E-state index in [1.54, 1.807) is 48.5 Å². The predicted octanol–water partition coefficient (Wildman–Crippen LogP) is 8.95. The Bertz CT molecular complexity index is 1470. The largest absolute Gasteiger partial charge is 0.294 e. The second-order valence-corrected chi connectivity index (χ2v) is 11.0. The lowest BCUT2D eigenvalue weighted by atomic mass is 9.78. The average molecular weight is 579 g/mol. The van der Waals surface area contributed by atoms with Gasteiger partial charge < -0.3 is 0 Å². The molecule has 218 valence electrons. The van der Waals surface area contributed by atoms with E-state index in [9.17, 15) is 19.2 Å². The van der Waals surface area contributed by atoms with Gasteiger partial charge in [-0.1, -0.05) is 146 Å². The number of hydrogen-bond donors (Lipinski definition) is 0. The van der Waals surface area contributed by atoms with Gasteiger partial charge in [0.15, 0.2) is 23.1 Å². The fourth-order valence-corrected chi connectivity index (χ4v) is 5.70. The Balaban J connectivity index is 1.54. The van der Waals surface area contributed by atoms with Gasteiger partial charge in [-0.05, 0) is 23.0 Å². The molecule has 0 atom stereocenters. The van der Waals surface area contributed by atoms with Gasteiger partial charge in [-0.15, -0.1) is 0 Å². The summed E-state index contributed by atoms with van der Waals surface area (Å²) in [5.74, 6) is -1.17. The summed E-state index contributed by atoms with van der Waals surface area (Å²) >= 11 is 0. The van der Waals surface area contributed by atoms with Crippen molar-refractivity contribution in [3.05, 3.63) is 179 Å². The molecule has 0 spiro atoms. The van der Waals surface area contributed by atoms with Crippen molar-refractivity contribution < 1.29 is 19.2 Å². The number of carbonyl (C=O) groups is 4. The number of carbonyl (C=O) groups excluding carboxylic acids is 4. The lowest BCUT2D eigenvalue weighted by Gasteiger charge is -2.25. The Labute approximate surface area is 258 Å². The van der Waals surface area contributed by atoms with E-state index >= 15 is 0 Å². The van der Waals surface area contributed by atoms with Crippen molar-refractivity contribution in [1.29, 1.82) is 0 Å². The van der Waals surface area contributed by atoms with Crippen molar-refractivity contribution in [2.45, 2.75) is 37.5 Å². The fraction of sp³-hybridized carbons (Fsp3) is 0.150. The molecule has 0 amide bonds. The molecule has 0 saturated carbocycles. The fourth-order valence-electron chi connectivity index (χ4n) is 5.70. The lowest BCUT2D eigenvalue weighted by molar-refractivity contribution is 0.0923. The van der Waals surface area contributed by atoms with E-state index in [1.807, 2.05) is 97.1 Å². The molecule has 4 nitrogen and oxygen atoms in total. The molecule has 0 aliphatic heterocycles. The highest BCUT2D eigenvalue weighted by Gasteiger charge is 2.28. The third-order valence-corrected chi connectivity index (χ3v) is 7.99.